The number of aliphatic hydroxyl groups is 1. The van der Waals surface area contributed by atoms with Gasteiger partial charge in [0.2, 0.25) is 5.91 Å². The molecule has 7 rings (SSSR count). The fourth-order valence-electron chi connectivity index (χ4n) is 9.57. The van der Waals surface area contributed by atoms with Crippen molar-refractivity contribution in [2.75, 3.05) is 27.2 Å². The molecule has 4 fully saturated rings. The molecule has 1 aromatic carbocycles. The van der Waals surface area contributed by atoms with Crippen LogP contribution in [-0.4, -0.2) is 87.9 Å². The van der Waals surface area contributed by atoms with Crippen LogP contribution in [0.25, 0.3) is 11.3 Å². The van der Waals surface area contributed by atoms with Crippen molar-refractivity contribution in [2.45, 2.75) is 63.1 Å². The van der Waals surface area contributed by atoms with E-state index in [0.717, 1.165) is 24.6 Å². The Labute approximate surface area is 267 Å². The minimum Gasteiger partial charge on any atom is -0.507 e. The second-order valence-corrected chi connectivity index (χ2v) is 14.4. The average Bonchev–Trinajstić information content (AvgIpc) is 3.46. The van der Waals surface area contributed by atoms with Crippen LogP contribution < -0.4 is 5.73 Å². The zero-order valence-electron chi connectivity index (χ0n) is 26.2. The average molecular weight is 632 g/mol. The molecule has 11 nitrogen and oxygen atoms in total. The minimum atomic E-state index is -2.75. The SMILES string of the molecule is CN(C)[C@@H]1C(=O)C(C(N)=O)C(=O)[C@@]2(O)C(=O)C3C(=O)c4c(O)ccc(-c5occc5CN5CCC6CCCCC6C5)c4C[C@H]3C[C@@H]12. The number of fused-ring (bicyclic) bond motifs is 4. The number of aromatic hydroxyl groups is 1. The van der Waals surface area contributed by atoms with Crippen molar-refractivity contribution in [3.8, 4) is 17.1 Å². The number of ketones is 4. The quantitative estimate of drug-likeness (QED) is 0.415. The molecule has 3 saturated carbocycles. The molecule has 4 N–H and O–H groups in total. The standard InChI is InChI=1S/C35H41N3O8/c1-37(2)28-23-14-20-13-22-21(31-19(10-12-46-31)16-38-11-9-17-5-3-4-6-18(17)15-38)7-8-24(39)26(22)29(40)25(20)32(42)35(23,45)33(43)27(30(28)41)34(36)44/h7-8,10,12,17-18,20,23,25,27-28,39,45H,3-6,9,11,13-16H2,1-2H3,(H2,36,44)/t17?,18?,20-,23-,25?,27?,28-,35-/m0/s1. The lowest BCUT2D eigenvalue weighted by atomic mass is 9.52. The van der Waals surface area contributed by atoms with Gasteiger partial charge in [-0.05, 0) is 87.8 Å². The summed E-state index contributed by atoms with van der Waals surface area (Å²) in [4.78, 5) is 71.3. The number of likely N-dealkylation sites (tertiary alicyclic amines) is 1. The summed E-state index contributed by atoms with van der Waals surface area (Å²) < 4.78 is 6.04. The highest BCUT2D eigenvalue weighted by atomic mass is 16.3. The van der Waals surface area contributed by atoms with E-state index in [1.807, 2.05) is 6.07 Å². The summed E-state index contributed by atoms with van der Waals surface area (Å²) in [5.41, 5.74) is 4.79. The molecule has 11 heteroatoms. The van der Waals surface area contributed by atoms with Crippen LogP contribution in [0.4, 0.5) is 0 Å². The van der Waals surface area contributed by atoms with Gasteiger partial charge < -0.3 is 20.4 Å². The Hall–Kier alpha value is -3.67. The predicted molar refractivity (Wildman–Crippen MR) is 164 cm³/mol. The molecular formula is C35H41N3O8. The summed E-state index contributed by atoms with van der Waals surface area (Å²) >= 11 is 0. The van der Waals surface area contributed by atoms with Gasteiger partial charge in [0, 0.05) is 30.1 Å². The van der Waals surface area contributed by atoms with E-state index in [1.54, 1.807) is 26.4 Å². The van der Waals surface area contributed by atoms with Crippen LogP contribution in [0.1, 0.15) is 60.0 Å². The first-order chi connectivity index (χ1) is 21.9. The number of amides is 1. The number of nitrogens with zero attached hydrogens (tertiary/aromatic N) is 2. The normalized spacial score (nSPS) is 34.6. The molecule has 1 amide bonds. The van der Waals surface area contributed by atoms with Crippen LogP contribution >= 0.6 is 0 Å². The number of benzene rings is 1. The van der Waals surface area contributed by atoms with Crippen molar-refractivity contribution in [3.05, 3.63) is 41.2 Å². The van der Waals surface area contributed by atoms with E-state index in [1.165, 1.54) is 43.1 Å². The Bertz CT molecular complexity index is 1650. The number of rotatable bonds is 5. The minimum absolute atomic E-state index is 0.000334. The molecular weight excluding hydrogens is 590 g/mol. The molecule has 0 spiro atoms. The van der Waals surface area contributed by atoms with Gasteiger partial charge in [0.1, 0.15) is 11.5 Å². The third-order valence-electron chi connectivity index (χ3n) is 11.7. The van der Waals surface area contributed by atoms with Crippen LogP contribution in [0.15, 0.2) is 28.9 Å². The summed E-state index contributed by atoms with van der Waals surface area (Å²) in [6.07, 6.45) is 8.18. The van der Waals surface area contributed by atoms with Gasteiger partial charge in [0.25, 0.3) is 0 Å². The van der Waals surface area contributed by atoms with E-state index < -0.39 is 64.4 Å². The smallest absolute Gasteiger partial charge is 0.235 e. The lowest BCUT2D eigenvalue weighted by molar-refractivity contribution is -0.181. The number of piperidine rings is 1. The maximum absolute atomic E-state index is 14.1. The number of carbonyl (C=O) groups is 5. The number of hydrogen-bond donors (Lipinski definition) is 3. The van der Waals surface area contributed by atoms with Crippen LogP contribution in [0.5, 0.6) is 5.75 Å². The van der Waals surface area contributed by atoms with Crippen molar-refractivity contribution < 1.29 is 38.6 Å². The number of carbonyl (C=O) groups excluding carboxylic acids is 5. The Kier molecular flexibility index (Phi) is 7.57. The van der Waals surface area contributed by atoms with Gasteiger partial charge in [-0.1, -0.05) is 19.3 Å². The van der Waals surface area contributed by atoms with Crippen molar-refractivity contribution >= 4 is 29.0 Å². The van der Waals surface area contributed by atoms with Gasteiger partial charge in [-0.3, -0.25) is 33.8 Å². The number of nitrogens with two attached hydrogens (primary N) is 1. The fourth-order valence-corrected chi connectivity index (χ4v) is 9.57. The van der Waals surface area contributed by atoms with Crippen molar-refractivity contribution in [1.82, 2.24) is 9.80 Å². The summed E-state index contributed by atoms with van der Waals surface area (Å²) in [6, 6.07) is 3.93. The molecule has 5 aliphatic rings. The Morgan fingerprint density at radius 1 is 1.04 bits per heavy atom. The Morgan fingerprint density at radius 2 is 1.78 bits per heavy atom. The first-order valence-corrected chi connectivity index (χ1v) is 16.4. The van der Waals surface area contributed by atoms with Crippen LogP contribution in [-0.2, 0) is 32.1 Å². The number of phenols is 1. The van der Waals surface area contributed by atoms with Crippen molar-refractivity contribution in [2.24, 2.45) is 41.2 Å². The zero-order valence-corrected chi connectivity index (χ0v) is 26.2. The van der Waals surface area contributed by atoms with Crippen molar-refractivity contribution in [1.29, 1.82) is 0 Å². The summed E-state index contributed by atoms with van der Waals surface area (Å²) in [7, 11) is 3.14. The molecule has 2 heterocycles. The van der Waals surface area contributed by atoms with E-state index in [2.05, 4.69) is 4.90 Å². The van der Waals surface area contributed by atoms with Gasteiger partial charge in [-0.2, -0.15) is 0 Å². The first-order valence-electron chi connectivity index (χ1n) is 16.4. The highest BCUT2D eigenvalue weighted by Crippen LogP contribution is 2.52. The number of likely N-dealkylation sites (N-methyl/N-ethyl adjacent to an activating group) is 1. The van der Waals surface area contributed by atoms with Crippen LogP contribution in [0, 0.1) is 35.5 Å². The molecule has 244 valence electrons. The third-order valence-corrected chi connectivity index (χ3v) is 11.7. The number of phenolic OH excluding ortho intramolecular Hbond substituents is 1. The van der Waals surface area contributed by atoms with Crippen LogP contribution in [0.2, 0.25) is 0 Å². The largest absolute Gasteiger partial charge is 0.507 e. The maximum Gasteiger partial charge on any atom is 0.235 e. The van der Waals surface area contributed by atoms with Gasteiger partial charge >= 0.3 is 0 Å². The molecule has 1 aliphatic heterocycles. The van der Waals surface area contributed by atoms with Gasteiger partial charge in [0.05, 0.1) is 23.8 Å². The number of Topliss-reactive ketones (excluding diaryl/α,β-unsaturated/α-hetero) is 4. The predicted octanol–water partition coefficient (Wildman–Crippen LogP) is 2.14. The number of hydrogen-bond acceptors (Lipinski definition) is 10. The molecule has 0 radical (unpaired) electrons. The maximum atomic E-state index is 14.1. The molecule has 4 aliphatic carbocycles. The van der Waals surface area contributed by atoms with E-state index in [0.29, 0.717) is 29.3 Å². The highest BCUT2D eigenvalue weighted by molar-refractivity contribution is 6.32. The third kappa shape index (κ3) is 4.53. The van der Waals surface area contributed by atoms with E-state index >= 15 is 0 Å². The molecule has 2 aromatic rings. The monoisotopic (exact) mass is 631 g/mol. The van der Waals surface area contributed by atoms with Crippen molar-refractivity contribution in [3.63, 3.8) is 0 Å². The zero-order chi connectivity index (χ0) is 32.7. The molecule has 4 unspecified atom stereocenters. The molecule has 1 aromatic heterocycles. The van der Waals surface area contributed by atoms with E-state index in [9.17, 15) is 34.2 Å². The lowest BCUT2D eigenvalue weighted by Crippen LogP contribution is -2.74. The van der Waals surface area contributed by atoms with Gasteiger partial charge in [-0.15, -0.1) is 0 Å². The Morgan fingerprint density at radius 3 is 2.50 bits per heavy atom. The molecule has 46 heavy (non-hydrogen) atoms. The second kappa shape index (κ2) is 11.2. The second-order valence-electron chi connectivity index (χ2n) is 14.4. The molecule has 8 atom stereocenters. The summed E-state index contributed by atoms with van der Waals surface area (Å²) in [6.45, 7) is 2.74. The van der Waals surface area contributed by atoms with E-state index in [-0.39, 0.29) is 24.2 Å². The molecule has 1 saturated heterocycles. The first kappa shape index (κ1) is 31.0. The molecule has 0 bridgehead atoms. The Balaban J connectivity index is 1.24. The number of furan rings is 1. The van der Waals surface area contributed by atoms with Crippen LogP contribution in [0.3, 0.4) is 0 Å². The van der Waals surface area contributed by atoms with E-state index in [4.69, 9.17) is 10.2 Å². The van der Waals surface area contributed by atoms with Gasteiger partial charge in [0.15, 0.2) is 34.7 Å². The number of primary amides is 1. The topological polar surface area (TPSA) is 171 Å². The highest BCUT2D eigenvalue weighted by Gasteiger charge is 2.69. The fraction of sp³-hybridized carbons (Fsp3) is 0.571. The summed E-state index contributed by atoms with van der Waals surface area (Å²) in [5.74, 6) is -8.48. The summed E-state index contributed by atoms with van der Waals surface area (Å²) in [5, 5.41) is 22.8. The van der Waals surface area contributed by atoms with Gasteiger partial charge in [-0.25, -0.2) is 0 Å². The lowest BCUT2D eigenvalue weighted by Gasteiger charge is -2.52.